The highest BCUT2D eigenvalue weighted by atomic mass is 16.3. The normalized spacial score (nSPS) is 11.2. The summed E-state index contributed by atoms with van der Waals surface area (Å²) in [6.45, 7) is 3.57. The van der Waals surface area contributed by atoms with Crippen LogP contribution in [0.5, 0.6) is 0 Å². The number of para-hydroxylation sites is 1. The topological polar surface area (TPSA) is 86.2 Å². The van der Waals surface area contributed by atoms with Crippen LogP contribution in [-0.4, -0.2) is 15.0 Å². The van der Waals surface area contributed by atoms with Crippen LogP contribution in [0.3, 0.4) is 0 Å². The number of anilines is 1. The van der Waals surface area contributed by atoms with Gasteiger partial charge >= 0.3 is 11.2 Å². The minimum atomic E-state index is -0.609. The number of aryl methyl sites for hydroxylation is 2. The van der Waals surface area contributed by atoms with Gasteiger partial charge in [0.15, 0.2) is 0 Å². The molecule has 0 atom stereocenters. The zero-order chi connectivity index (χ0) is 23.1. The molecule has 0 fully saturated rings. The molecule has 2 aromatic heterocycles. The first kappa shape index (κ1) is 20.5. The quantitative estimate of drug-likeness (QED) is 0.456. The maximum Gasteiger partial charge on any atom is 0.336 e. The fourth-order valence-electron chi connectivity index (χ4n) is 3.98. The van der Waals surface area contributed by atoms with Crippen molar-refractivity contribution in [1.82, 2.24) is 9.13 Å². The molecule has 0 saturated carbocycles. The number of aromatic nitrogens is 2. The van der Waals surface area contributed by atoms with E-state index in [1.54, 1.807) is 42.5 Å². The van der Waals surface area contributed by atoms with E-state index in [9.17, 15) is 14.4 Å². The Morgan fingerprint density at radius 1 is 0.909 bits per heavy atom. The van der Waals surface area contributed by atoms with Gasteiger partial charge in [0.25, 0.3) is 0 Å². The number of benzene rings is 3. The van der Waals surface area contributed by atoms with Crippen molar-refractivity contribution in [3.63, 3.8) is 0 Å². The molecule has 0 bridgehead atoms. The Hall–Kier alpha value is -4.39. The second-order valence-electron chi connectivity index (χ2n) is 8.04. The van der Waals surface area contributed by atoms with Gasteiger partial charge in [0.05, 0.1) is 5.69 Å². The van der Waals surface area contributed by atoms with E-state index in [1.807, 2.05) is 44.2 Å². The fraction of sp³-hybridized carbons (Fsp3) is 0.115. The van der Waals surface area contributed by atoms with Crippen LogP contribution in [0.15, 0.2) is 86.8 Å². The van der Waals surface area contributed by atoms with Crippen molar-refractivity contribution in [2.75, 3.05) is 5.32 Å². The summed E-state index contributed by atoms with van der Waals surface area (Å²) in [6.07, 6.45) is 0. The summed E-state index contributed by atoms with van der Waals surface area (Å²) in [6, 6.07) is 21.5. The Kier molecular flexibility index (Phi) is 4.94. The summed E-state index contributed by atoms with van der Waals surface area (Å²) >= 11 is 0. The first-order valence-electron chi connectivity index (χ1n) is 10.5. The predicted octanol–water partition coefficient (Wildman–Crippen LogP) is 4.15. The van der Waals surface area contributed by atoms with E-state index in [0.29, 0.717) is 27.9 Å². The molecule has 33 heavy (non-hydrogen) atoms. The van der Waals surface area contributed by atoms with Crippen LogP contribution in [0.4, 0.5) is 5.69 Å². The van der Waals surface area contributed by atoms with E-state index in [1.165, 1.54) is 4.57 Å². The van der Waals surface area contributed by atoms with E-state index in [4.69, 9.17) is 4.42 Å². The lowest BCUT2D eigenvalue weighted by atomic mass is 10.2. The van der Waals surface area contributed by atoms with Crippen LogP contribution < -0.4 is 16.6 Å². The van der Waals surface area contributed by atoms with Gasteiger partial charge in [-0.2, -0.15) is 0 Å². The predicted molar refractivity (Wildman–Crippen MR) is 128 cm³/mol. The summed E-state index contributed by atoms with van der Waals surface area (Å²) in [7, 11) is 0. The lowest BCUT2D eigenvalue weighted by Crippen LogP contribution is -2.40. The Balaban J connectivity index is 1.72. The maximum atomic E-state index is 13.6. The van der Waals surface area contributed by atoms with E-state index in [0.717, 1.165) is 15.7 Å². The number of nitrogens with one attached hydrogen (secondary N) is 1. The summed E-state index contributed by atoms with van der Waals surface area (Å²) in [5.41, 5.74) is 2.67. The van der Waals surface area contributed by atoms with E-state index in [2.05, 4.69) is 5.32 Å². The SMILES string of the molecule is Cc1ccc(-n2c(=O)c3oc4ccccc4c3n(CC(=O)Nc3cccc(C)c3)c2=O)cc1. The highest BCUT2D eigenvalue weighted by molar-refractivity contribution is 6.03. The number of carbonyl (C=O) groups excluding carboxylic acids is 1. The molecular formula is C26H21N3O4. The van der Waals surface area contributed by atoms with Crippen LogP contribution in [0, 0.1) is 13.8 Å². The Labute approximate surface area is 188 Å². The summed E-state index contributed by atoms with van der Waals surface area (Å²) in [5.74, 6) is -0.386. The summed E-state index contributed by atoms with van der Waals surface area (Å²) < 4.78 is 8.20. The molecule has 7 heteroatoms. The monoisotopic (exact) mass is 439 g/mol. The molecule has 5 aromatic rings. The summed E-state index contributed by atoms with van der Waals surface area (Å²) in [4.78, 5) is 39.8. The highest BCUT2D eigenvalue weighted by Gasteiger charge is 2.22. The zero-order valence-corrected chi connectivity index (χ0v) is 18.2. The third kappa shape index (κ3) is 3.63. The minimum Gasteiger partial charge on any atom is -0.449 e. The average Bonchev–Trinajstić information content (AvgIpc) is 3.18. The number of fused-ring (bicyclic) bond motifs is 3. The smallest absolute Gasteiger partial charge is 0.336 e. The number of amides is 1. The average molecular weight is 439 g/mol. The Bertz CT molecular complexity index is 1640. The van der Waals surface area contributed by atoms with E-state index < -0.39 is 11.2 Å². The third-order valence-electron chi connectivity index (χ3n) is 5.55. The van der Waals surface area contributed by atoms with Gasteiger partial charge in [-0.15, -0.1) is 0 Å². The van der Waals surface area contributed by atoms with Crippen molar-refractivity contribution in [3.8, 4) is 5.69 Å². The molecule has 1 amide bonds. The number of furan rings is 1. The molecule has 0 unspecified atom stereocenters. The molecule has 0 saturated heterocycles. The molecule has 2 heterocycles. The second-order valence-corrected chi connectivity index (χ2v) is 8.04. The van der Waals surface area contributed by atoms with Gasteiger partial charge in [0.2, 0.25) is 11.5 Å². The Morgan fingerprint density at radius 2 is 1.67 bits per heavy atom. The first-order chi connectivity index (χ1) is 15.9. The third-order valence-corrected chi connectivity index (χ3v) is 5.55. The molecule has 5 rings (SSSR count). The van der Waals surface area contributed by atoms with Gasteiger partial charge in [-0.1, -0.05) is 42.0 Å². The lowest BCUT2D eigenvalue weighted by Gasteiger charge is -2.12. The van der Waals surface area contributed by atoms with Gasteiger partial charge in [0.1, 0.15) is 17.6 Å². The number of nitrogens with zero attached hydrogens (tertiary/aromatic N) is 2. The van der Waals surface area contributed by atoms with Crippen LogP contribution in [0.1, 0.15) is 11.1 Å². The standard InChI is InChI=1S/C26H21N3O4/c1-16-10-12-19(13-11-16)29-25(31)24-23(20-8-3-4-9-21(20)33-24)28(26(29)32)15-22(30)27-18-7-5-6-17(2)14-18/h3-14H,15H2,1-2H3,(H,27,30). The number of hydrogen-bond donors (Lipinski definition) is 1. The maximum absolute atomic E-state index is 13.6. The minimum absolute atomic E-state index is 0.0275. The van der Waals surface area contributed by atoms with Crippen molar-refractivity contribution in [3.05, 3.63) is 105 Å². The van der Waals surface area contributed by atoms with Crippen molar-refractivity contribution >= 4 is 33.7 Å². The largest absolute Gasteiger partial charge is 0.449 e. The molecule has 3 aromatic carbocycles. The van der Waals surface area contributed by atoms with Gasteiger partial charge < -0.3 is 9.73 Å². The van der Waals surface area contributed by atoms with E-state index >= 15 is 0 Å². The van der Waals surface area contributed by atoms with Gasteiger partial charge in [-0.3, -0.25) is 14.2 Å². The first-order valence-corrected chi connectivity index (χ1v) is 10.5. The molecule has 7 nitrogen and oxygen atoms in total. The van der Waals surface area contributed by atoms with Crippen LogP contribution in [0.2, 0.25) is 0 Å². The van der Waals surface area contributed by atoms with Crippen molar-refractivity contribution < 1.29 is 9.21 Å². The molecular weight excluding hydrogens is 418 g/mol. The number of carbonyl (C=O) groups is 1. The van der Waals surface area contributed by atoms with Crippen molar-refractivity contribution in [2.45, 2.75) is 20.4 Å². The zero-order valence-electron chi connectivity index (χ0n) is 18.2. The highest BCUT2D eigenvalue weighted by Crippen LogP contribution is 2.26. The summed E-state index contributed by atoms with van der Waals surface area (Å²) in [5, 5.41) is 3.43. The second kappa shape index (κ2) is 7.94. The fourth-order valence-corrected chi connectivity index (χ4v) is 3.98. The van der Waals surface area contributed by atoms with Crippen LogP contribution >= 0.6 is 0 Å². The molecule has 0 spiro atoms. The van der Waals surface area contributed by atoms with Gasteiger partial charge in [-0.05, 0) is 55.8 Å². The van der Waals surface area contributed by atoms with Crippen LogP contribution in [0.25, 0.3) is 27.8 Å². The molecule has 164 valence electrons. The molecule has 0 radical (unpaired) electrons. The Morgan fingerprint density at radius 3 is 2.42 bits per heavy atom. The molecule has 0 aliphatic heterocycles. The number of rotatable bonds is 4. The molecule has 0 aliphatic carbocycles. The number of hydrogen-bond acceptors (Lipinski definition) is 4. The lowest BCUT2D eigenvalue weighted by molar-refractivity contribution is -0.116. The van der Waals surface area contributed by atoms with Crippen molar-refractivity contribution in [1.29, 1.82) is 0 Å². The van der Waals surface area contributed by atoms with Gasteiger partial charge in [-0.25, -0.2) is 9.36 Å². The van der Waals surface area contributed by atoms with Crippen LogP contribution in [-0.2, 0) is 11.3 Å². The van der Waals surface area contributed by atoms with E-state index in [-0.39, 0.29) is 18.0 Å². The van der Waals surface area contributed by atoms with Gasteiger partial charge in [0, 0.05) is 11.1 Å². The molecule has 0 aliphatic rings. The molecule has 1 N–H and O–H groups in total. The van der Waals surface area contributed by atoms with Crippen molar-refractivity contribution in [2.24, 2.45) is 0 Å².